The van der Waals surface area contributed by atoms with Crippen molar-refractivity contribution >= 4 is 22.7 Å². The molecule has 6 nitrogen and oxygen atoms in total. The van der Waals surface area contributed by atoms with E-state index in [9.17, 15) is 14.0 Å². The van der Waals surface area contributed by atoms with Crippen LogP contribution in [0.5, 0.6) is 0 Å². The third kappa shape index (κ3) is 4.08. The number of fused-ring (bicyclic) bond motifs is 1. The topological polar surface area (TPSA) is 68.4 Å². The second-order valence-electron chi connectivity index (χ2n) is 8.88. The summed E-state index contributed by atoms with van der Waals surface area (Å²) < 4.78 is 14.1. The summed E-state index contributed by atoms with van der Waals surface area (Å²) in [7, 11) is 0. The highest BCUT2D eigenvalue weighted by atomic mass is 19.1. The van der Waals surface area contributed by atoms with E-state index in [0.717, 1.165) is 50.9 Å². The van der Waals surface area contributed by atoms with Crippen LogP contribution >= 0.6 is 0 Å². The molecule has 4 rings (SSSR count). The number of H-pyrrole nitrogens is 1. The summed E-state index contributed by atoms with van der Waals surface area (Å²) in [6.45, 7) is 8.13. The monoisotopic (exact) mass is 414 g/mol. The minimum atomic E-state index is -0.317. The molecule has 7 heteroatoms. The normalized spacial score (nSPS) is 25.5. The number of piperazine rings is 1. The molecule has 1 aliphatic heterocycles. The van der Waals surface area contributed by atoms with Crippen molar-refractivity contribution in [3.8, 4) is 0 Å². The molecule has 162 valence electrons. The number of carbonyl (C=O) groups is 2. The summed E-state index contributed by atoms with van der Waals surface area (Å²) in [5.41, 5.74) is 2.00. The van der Waals surface area contributed by atoms with Crippen molar-refractivity contribution in [3.63, 3.8) is 0 Å². The Bertz CT molecular complexity index is 917. The summed E-state index contributed by atoms with van der Waals surface area (Å²) in [5, 5.41) is 3.62. The van der Waals surface area contributed by atoms with Crippen LogP contribution in [0.1, 0.15) is 55.6 Å². The number of rotatable bonds is 3. The number of nitrogens with zero attached hydrogens (tertiary/aromatic N) is 2. The van der Waals surface area contributed by atoms with Crippen molar-refractivity contribution in [2.24, 2.45) is 0 Å². The number of aromatic nitrogens is 1. The van der Waals surface area contributed by atoms with Crippen LogP contribution in [0, 0.1) is 12.7 Å². The van der Waals surface area contributed by atoms with Gasteiger partial charge in [-0.05, 0) is 57.2 Å². The molecule has 1 aromatic carbocycles. The number of aryl methyl sites for hydroxylation is 1. The SMILES string of the molecule is CC(=O)N1CCN([C@@H]2CCC[C@@H](NC(=O)c3cc4c(F)ccc(C)c4[nH]3)C2)[C@@H](C)C1. The largest absolute Gasteiger partial charge is 0.350 e. The highest BCUT2D eigenvalue weighted by molar-refractivity contribution is 5.99. The predicted octanol–water partition coefficient (Wildman–Crippen LogP) is 3.21. The van der Waals surface area contributed by atoms with Gasteiger partial charge in [-0.25, -0.2) is 4.39 Å². The molecule has 1 saturated heterocycles. The Balaban J connectivity index is 1.41. The zero-order valence-electron chi connectivity index (χ0n) is 18.0. The molecule has 0 spiro atoms. The van der Waals surface area contributed by atoms with E-state index in [1.807, 2.05) is 11.8 Å². The van der Waals surface area contributed by atoms with E-state index in [1.165, 1.54) is 6.07 Å². The number of hydrogen-bond acceptors (Lipinski definition) is 3. The van der Waals surface area contributed by atoms with Gasteiger partial charge in [0, 0.05) is 50.1 Å². The third-order valence-electron chi connectivity index (χ3n) is 6.77. The number of nitrogens with one attached hydrogen (secondary N) is 2. The number of carbonyl (C=O) groups excluding carboxylic acids is 2. The van der Waals surface area contributed by atoms with Gasteiger partial charge in [-0.15, -0.1) is 0 Å². The first-order valence-corrected chi connectivity index (χ1v) is 10.9. The van der Waals surface area contributed by atoms with Crippen molar-refractivity contribution in [3.05, 3.63) is 35.3 Å². The fourth-order valence-electron chi connectivity index (χ4n) is 5.11. The zero-order chi connectivity index (χ0) is 21.4. The molecule has 3 atom stereocenters. The van der Waals surface area contributed by atoms with E-state index in [4.69, 9.17) is 0 Å². The second-order valence-corrected chi connectivity index (χ2v) is 8.88. The van der Waals surface area contributed by atoms with Crippen LogP contribution in [-0.4, -0.2) is 64.4 Å². The Morgan fingerprint density at radius 2 is 2.03 bits per heavy atom. The van der Waals surface area contributed by atoms with E-state index >= 15 is 0 Å². The summed E-state index contributed by atoms with van der Waals surface area (Å²) in [6.07, 6.45) is 4.05. The van der Waals surface area contributed by atoms with Gasteiger partial charge in [-0.1, -0.05) is 6.07 Å². The highest BCUT2D eigenvalue weighted by Gasteiger charge is 2.34. The van der Waals surface area contributed by atoms with Gasteiger partial charge in [-0.2, -0.15) is 0 Å². The van der Waals surface area contributed by atoms with Gasteiger partial charge >= 0.3 is 0 Å². The maximum absolute atomic E-state index is 14.1. The van der Waals surface area contributed by atoms with Gasteiger partial charge in [0.2, 0.25) is 5.91 Å². The molecular formula is C23H31FN4O2. The van der Waals surface area contributed by atoms with Gasteiger partial charge in [0.05, 0.1) is 5.52 Å². The van der Waals surface area contributed by atoms with Crippen molar-refractivity contribution in [2.75, 3.05) is 19.6 Å². The highest BCUT2D eigenvalue weighted by Crippen LogP contribution is 2.27. The predicted molar refractivity (Wildman–Crippen MR) is 115 cm³/mol. The van der Waals surface area contributed by atoms with Crippen molar-refractivity contribution in [1.82, 2.24) is 20.1 Å². The second kappa shape index (κ2) is 8.38. The Hall–Kier alpha value is -2.41. The lowest BCUT2D eigenvalue weighted by Crippen LogP contribution is -2.58. The molecule has 2 heterocycles. The molecule has 30 heavy (non-hydrogen) atoms. The summed E-state index contributed by atoms with van der Waals surface area (Å²) in [5.74, 6) is -0.354. The lowest BCUT2D eigenvalue weighted by atomic mass is 9.88. The van der Waals surface area contributed by atoms with Crippen molar-refractivity contribution < 1.29 is 14.0 Å². The number of halogens is 1. The van der Waals surface area contributed by atoms with Crippen LogP contribution in [-0.2, 0) is 4.79 Å². The molecule has 0 radical (unpaired) electrons. The van der Waals surface area contributed by atoms with Crippen LogP contribution < -0.4 is 5.32 Å². The average molecular weight is 415 g/mol. The van der Waals surface area contributed by atoms with Crippen LogP contribution in [0.2, 0.25) is 0 Å². The molecule has 1 saturated carbocycles. The minimum absolute atomic E-state index is 0.103. The average Bonchev–Trinajstić information content (AvgIpc) is 3.18. The van der Waals surface area contributed by atoms with E-state index in [-0.39, 0.29) is 23.7 Å². The molecule has 2 N–H and O–H groups in total. The number of amides is 2. The Kier molecular flexibility index (Phi) is 5.82. The third-order valence-corrected chi connectivity index (χ3v) is 6.77. The quantitative estimate of drug-likeness (QED) is 0.810. The van der Waals surface area contributed by atoms with Gasteiger partial charge in [0.25, 0.3) is 5.91 Å². The number of hydrogen-bond donors (Lipinski definition) is 2. The number of benzene rings is 1. The van der Waals surface area contributed by atoms with E-state index in [1.54, 1.807) is 19.1 Å². The van der Waals surface area contributed by atoms with Crippen LogP contribution in [0.15, 0.2) is 18.2 Å². The van der Waals surface area contributed by atoms with Crippen molar-refractivity contribution in [2.45, 2.75) is 64.6 Å². The van der Waals surface area contributed by atoms with Gasteiger partial charge < -0.3 is 15.2 Å². The Labute approximate surface area is 176 Å². The van der Waals surface area contributed by atoms with E-state index in [2.05, 4.69) is 22.1 Å². The van der Waals surface area contributed by atoms with Gasteiger partial charge in [0.15, 0.2) is 0 Å². The fourth-order valence-corrected chi connectivity index (χ4v) is 5.11. The maximum Gasteiger partial charge on any atom is 0.267 e. The molecule has 1 aliphatic carbocycles. The van der Waals surface area contributed by atoms with Gasteiger partial charge in [-0.3, -0.25) is 14.5 Å². The first kappa shape index (κ1) is 20.8. The Morgan fingerprint density at radius 1 is 1.23 bits per heavy atom. The first-order chi connectivity index (χ1) is 14.3. The fraction of sp³-hybridized carbons (Fsp3) is 0.565. The van der Waals surface area contributed by atoms with Crippen LogP contribution in [0.4, 0.5) is 4.39 Å². The van der Waals surface area contributed by atoms with E-state index in [0.29, 0.717) is 28.7 Å². The number of aromatic amines is 1. The molecule has 2 amide bonds. The summed E-state index contributed by atoms with van der Waals surface area (Å²) in [6, 6.07) is 5.60. The van der Waals surface area contributed by atoms with Crippen LogP contribution in [0.3, 0.4) is 0 Å². The van der Waals surface area contributed by atoms with Crippen molar-refractivity contribution in [1.29, 1.82) is 0 Å². The summed E-state index contributed by atoms with van der Waals surface area (Å²) in [4.78, 5) is 32.0. The lowest BCUT2D eigenvalue weighted by molar-refractivity contribution is -0.132. The van der Waals surface area contributed by atoms with Gasteiger partial charge in [0.1, 0.15) is 11.5 Å². The molecule has 0 bridgehead atoms. The smallest absolute Gasteiger partial charge is 0.267 e. The lowest BCUT2D eigenvalue weighted by Gasteiger charge is -2.46. The molecule has 2 fully saturated rings. The standard InChI is InChI=1S/C23H31FN4O2/c1-14-7-8-20(24)19-12-21(26-22(14)19)23(30)25-17-5-4-6-18(11-17)28-10-9-27(16(3)29)13-15(28)2/h7-8,12,15,17-18,26H,4-6,9-11,13H2,1-3H3,(H,25,30)/t15-,17+,18+/m0/s1. The first-order valence-electron chi connectivity index (χ1n) is 10.9. The van der Waals surface area contributed by atoms with E-state index < -0.39 is 0 Å². The Morgan fingerprint density at radius 3 is 2.73 bits per heavy atom. The minimum Gasteiger partial charge on any atom is -0.350 e. The molecule has 0 unspecified atom stereocenters. The molecule has 2 aliphatic rings. The molecule has 2 aromatic rings. The zero-order valence-corrected chi connectivity index (χ0v) is 18.0. The summed E-state index contributed by atoms with van der Waals surface area (Å²) >= 11 is 0. The molecular weight excluding hydrogens is 383 g/mol. The van der Waals surface area contributed by atoms with Crippen LogP contribution in [0.25, 0.3) is 10.9 Å². The molecule has 1 aromatic heterocycles. The maximum atomic E-state index is 14.1.